The number of aliphatic hydroxyl groups is 1. The van der Waals surface area contributed by atoms with E-state index in [2.05, 4.69) is 5.32 Å². The van der Waals surface area contributed by atoms with E-state index in [0.29, 0.717) is 19.8 Å². The normalized spacial score (nSPS) is 12.2. The summed E-state index contributed by atoms with van der Waals surface area (Å²) in [4.78, 5) is 0. The molecule has 5 heteroatoms. The molecular weight excluding hydrogens is 246 g/mol. The molecule has 0 saturated carbocycles. The van der Waals surface area contributed by atoms with Crippen LogP contribution in [0.1, 0.15) is 5.56 Å². The van der Waals surface area contributed by atoms with Crippen LogP contribution < -0.4 is 10.1 Å². The second kappa shape index (κ2) is 8.74. The van der Waals surface area contributed by atoms with E-state index in [-0.39, 0.29) is 6.61 Å². The van der Waals surface area contributed by atoms with Gasteiger partial charge in [0.2, 0.25) is 0 Å². The summed E-state index contributed by atoms with van der Waals surface area (Å²) in [6.07, 6.45) is -0.568. The molecule has 0 radical (unpaired) electrons. The molecule has 2 N–H and O–H groups in total. The lowest BCUT2D eigenvalue weighted by Gasteiger charge is -2.15. The van der Waals surface area contributed by atoms with Crippen molar-refractivity contribution in [3.05, 3.63) is 23.8 Å². The van der Waals surface area contributed by atoms with Gasteiger partial charge in [-0.1, -0.05) is 6.07 Å². The second-order valence-corrected chi connectivity index (χ2v) is 4.31. The van der Waals surface area contributed by atoms with Crippen LogP contribution in [0.5, 0.6) is 5.75 Å². The predicted octanol–water partition coefficient (Wildman–Crippen LogP) is 1.44. The molecule has 108 valence electrons. The minimum absolute atomic E-state index is 0.282. The Hall–Kier alpha value is -1.30. The molecule has 19 heavy (non-hydrogen) atoms. The first-order chi connectivity index (χ1) is 9.17. The van der Waals surface area contributed by atoms with Gasteiger partial charge < -0.3 is 24.6 Å². The average molecular weight is 269 g/mol. The number of rotatable bonds is 9. The Morgan fingerprint density at radius 1 is 1.26 bits per heavy atom. The van der Waals surface area contributed by atoms with Gasteiger partial charge in [0, 0.05) is 13.7 Å². The highest BCUT2D eigenvalue weighted by molar-refractivity contribution is 5.58. The molecule has 1 rings (SSSR count). The van der Waals surface area contributed by atoms with Crippen LogP contribution in [0.2, 0.25) is 0 Å². The standard InChI is InChI=1S/C14H23NO4/c1-11-4-5-14(18-3)13(8-11)15-9-12(16)10-19-7-6-17-2/h4-5,8,12,15-16H,6-7,9-10H2,1-3H3. The first-order valence-electron chi connectivity index (χ1n) is 6.30. The van der Waals surface area contributed by atoms with E-state index in [9.17, 15) is 5.11 Å². The van der Waals surface area contributed by atoms with E-state index in [1.165, 1.54) is 0 Å². The number of ether oxygens (including phenoxy) is 3. The number of aryl methyl sites for hydroxylation is 1. The molecule has 0 aliphatic rings. The lowest BCUT2D eigenvalue weighted by molar-refractivity contribution is 0.0182. The van der Waals surface area contributed by atoms with Crippen LogP contribution in [-0.2, 0) is 9.47 Å². The molecule has 1 aromatic rings. The van der Waals surface area contributed by atoms with Gasteiger partial charge >= 0.3 is 0 Å². The van der Waals surface area contributed by atoms with E-state index >= 15 is 0 Å². The molecular formula is C14H23NO4. The van der Waals surface area contributed by atoms with Crippen LogP contribution in [0.4, 0.5) is 5.69 Å². The van der Waals surface area contributed by atoms with Crippen molar-refractivity contribution in [2.75, 3.05) is 45.9 Å². The fourth-order valence-electron chi connectivity index (χ4n) is 1.61. The van der Waals surface area contributed by atoms with Crippen LogP contribution in [0.3, 0.4) is 0 Å². The van der Waals surface area contributed by atoms with Gasteiger partial charge in [-0.2, -0.15) is 0 Å². The van der Waals surface area contributed by atoms with E-state index in [0.717, 1.165) is 17.0 Å². The van der Waals surface area contributed by atoms with Crippen LogP contribution >= 0.6 is 0 Å². The van der Waals surface area contributed by atoms with Gasteiger partial charge in [-0.05, 0) is 24.6 Å². The van der Waals surface area contributed by atoms with Gasteiger partial charge in [0.1, 0.15) is 5.75 Å². The Kier molecular flexibility index (Phi) is 7.25. The lowest BCUT2D eigenvalue weighted by atomic mass is 10.2. The fraction of sp³-hybridized carbons (Fsp3) is 0.571. The highest BCUT2D eigenvalue weighted by Gasteiger charge is 2.07. The number of nitrogens with one attached hydrogen (secondary N) is 1. The average Bonchev–Trinajstić information content (AvgIpc) is 2.41. The van der Waals surface area contributed by atoms with Crippen LogP contribution in [0, 0.1) is 6.92 Å². The van der Waals surface area contributed by atoms with Gasteiger partial charge in [-0.3, -0.25) is 0 Å². The molecule has 0 aromatic heterocycles. The summed E-state index contributed by atoms with van der Waals surface area (Å²) >= 11 is 0. The van der Waals surface area contributed by atoms with Gasteiger partial charge in [0.05, 0.1) is 38.7 Å². The maximum Gasteiger partial charge on any atom is 0.141 e. The number of hydrogen-bond donors (Lipinski definition) is 2. The molecule has 0 heterocycles. The summed E-state index contributed by atoms with van der Waals surface area (Å²) in [6, 6.07) is 5.87. The zero-order valence-corrected chi connectivity index (χ0v) is 11.8. The SMILES string of the molecule is COCCOCC(O)CNc1cc(C)ccc1OC. The van der Waals surface area contributed by atoms with Crippen LogP contribution in [-0.4, -0.2) is 51.8 Å². The molecule has 1 aromatic carbocycles. The first-order valence-corrected chi connectivity index (χ1v) is 6.30. The molecule has 0 saturated heterocycles. The Labute approximate surface area is 114 Å². The molecule has 1 unspecified atom stereocenters. The molecule has 0 aliphatic heterocycles. The summed E-state index contributed by atoms with van der Waals surface area (Å²) in [5.74, 6) is 0.762. The van der Waals surface area contributed by atoms with Crippen LogP contribution in [0.25, 0.3) is 0 Å². The smallest absolute Gasteiger partial charge is 0.141 e. The van der Waals surface area contributed by atoms with Crippen molar-refractivity contribution in [1.82, 2.24) is 0 Å². The number of anilines is 1. The maximum atomic E-state index is 9.77. The number of methoxy groups -OCH3 is 2. The van der Waals surface area contributed by atoms with E-state index in [4.69, 9.17) is 14.2 Å². The zero-order valence-electron chi connectivity index (χ0n) is 11.8. The largest absolute Gasteiger partial charge is 0.495 e. The quantitative estimate of drug-likeness (QED) is 0.664. The Morgan fingerprint density at radius 2 is 2.05 bits per heavy atom. The Balaban J connectivity index is 2.36. The van der Waals surface area contributed by atoms with Crippen LogP contribution in [0.15, 0.2) is 18.2 Å². The zero-order chi connectivity index (χ0) is 14.1. The molecule has 0 spiro atoms. The van der Waals surface area contributed by atoms with Gasteiger partial charge in [-0.15, -0.1) is 0 Å². The number of aliphatic hydroxyl groups excluding tert-OH is 1. The molecule has 0 fully saturated rings. The molecule has 5 nitrogen and oxygen atoms in total. The summed E-state index contributed by atoms with van der Waals surface area (Å²) in [7, 11) is 3.24. The third kappa shape index (κ3) is 5.92. The van der Waals surface area contributed by atoms with Crippen molar-refractivity contribution < 1.29 is 19.3 Å². The van der Waals surface area contributed by atoms with E-state index in [1.54, 1.807) is 14.2 Å². The highest BCUT2D eigenvalue weighted by atomic mass is 16.5. The first kappa shape index (κ1) is 15.8. The lowest BCUT2D eigenvalue weighted by Crippen LogP contribution is -2.25. The highest BCUT2D eigenvalue weighted by Crippen LogP contribution is 2.24. The molecule has 0 aliphatic carbocycles. The monoisotopic (exact) mass is 269 g/mol. The summed E-state index contributed by atoms with van der Waals surface area (Å²) in [5.41, 5.74) is 2.01. The molecule has 0 amide bonds. The summed E-state index contributed by atoms with van der Waals surface area (Å²) in [6.45, 7) is 3.72. The minimum atomic E-state index is -0.568. The van der Waals surface area contributed by atoms with Crippen molar-refractivity contribution in [2.45, 2.75) is 13.0 Å². The Morgan fingerprint density at radius 3 is 2.74 bits per heavy atom. The number of hydrogen-bond acceptors (Lipinski definition) is 5. The van der Waals surface area contributed by atoms with E-state index in [1.807, 2.05) is 25.1 Å². The minimum Gasteiger partial charge on any atom is -0.495 e. The van der Waals surface area contributed by atoms with Crippen molar-refractivity contribution >= 4 is 5.69 Å². The van der Waals surface area contributed by atoms with Gasteiger partial charge in [0.15, 0.2) is 0 Å². The molecule has 1 atom stereocenters. The number of benzene rings is 1. The fourth-order valence-corrected chi connectivity index (χ4v) is 1.61. The third-order valence-electron chi connectivity index (χ3n) is 2.63. The van der Waals surface area contributed by atoms with Gasteiger partial charge in [-0.25, -0.2) is 0 Å². The summed E-state index contributed by atoms with van der Waals surface area (Å²) in [5, 5.41) is 12.9. The van der Waals surface area contributed by atoms with Crippen molar-refractivity contribution in [1.29, 1.82) is 0 Å². The van der Waals surface area contributed by atoms with Crippen molar-refractivity contribution in [3.63, 3.8) is 0 Å². The van der Waals surface area contributed by atoms with Crippen molar-refractivity contribution in [3.8, 4) is 5.75 Å². The predicted molar refractivity (Wildman–Crippen MR) is 74.9 cm³/mol. The second-order valence-electron chi connectivity index (χ2n) is 4.31. The maximum absolute atomic E-state index is 9.77. The van der Waals surface area contributed by atoms with E-state index < -0.39 is 6.10 Å². The Bertz CT molecular complexity index is 370. The third-order valence-corrected chi connectivity index (χ3v) is 2.63. The van der Waals surface area contributed by atoms with Gasteiger partial charge in [0.25, 0.3) is 0 Å². The van der Waals surface area contributed by atoms with Crippen molar-refractivity contribution in [2.24, 2.45) is 0 Å². The molecule has 0 bridgehead atoms. The summed E-state index contributed by atoms with van der Waals surface area (Å²) < 4.78 is 15.4. The topological polar surface area (TPSA) is 60.0 Å².